The van der Waals surface area contributed by atoms with Crippen LogP contribution in [0.3, 0.4) is 0 Å². The SMILES string of the molecule is CC(C)CCC[C@@H](C)[C@H]1CC[C@H]2[C@@H]3CC[C@H]4C[C@@H](O[C@@H]5O[C@H](COS(=O)(=O)[O-])[C@@H](O[C@@H]6O[C@H](COS(=O)(=O)[O-])[C@@H](O[C@@H]7O[C@H](COS(=O)(=O)[O-])[C@@H](O[C@@H]8O[C@H](COS(=O)(=O)[O-])[C@@H](OS(=O)(=O)[O-])[C@H](OS(=O)(=O)[O-])[C@H]8OS(=O)(=O)[O-])[C@H](OS(=O)(=O)[O-])[C@H]7OS(=O)(=O)[O-])[C@H](OS(=O)(=O)[O-])[C@H]6OS(=O)(=O)[O-])[C@H](OS(=O)(=O)[O-])[C@H]5OS(=O)(=O)[O-])CC[C@]4(C)[C@H]3CC[C@]12C. The molecule has 0 aromatic carbocycles. The Morgan fingerprint density at radius 1 is 0.298 bits per heavy atom. The summed E-state index contributed by atoms with van der Waals surface area (Å²) >= 11 is 0. The minimum atomic E-state index is -7.13. The van der Waals surface area contributed by atoms with Gasteiger partial charge in [0, 0.05) is 0 Å². The minimum absolute atomic E-state index is 0.00996. The summed E-state index contributed by atoms with van der Waals surface area (Å²) < 4.78 is 585. The van der Waals surface area contributed by atoms with Gasteiger partial charge in [-0.05, 0) is 110 Å². The molecule has 4 saturated carbocycles. The smallest absolute Gasteiger partial charge is 0.218 e. The van der Waals surface area contributed by atoms with Crippen LogP contribution in [0, 0.1) is 52.3 Å². The van der Waals surface area contributed by atoms with Crippen LogP contribution in [0.15, 0.2) is 0 Å². The van der Waals surface area contributed by atoms with Crippen LogP contribution in [0.5, 0.6) is 0 Å². The molecule has 4 saturated heterocycles. The maximum absolute atomic E-state index is 13.0. The Labute approximate surface area is 710 Å². The fraction of sp³-hybridized carbons (Fsp3) is 1.00. The van der Waals surface area contributed by atoms with E-state index in [4.69, 9.17) is 37.9 Å². The quantitative estimate of drug-likeness (QED) is 0.0311. The normalized spacial score (nSPS) is 37.1. The molecular formula is C51H75O60S13-13. The van der Waals surface area contributed by atoms with Crippen molar-refractivity contribution in [2.75, 3.05) is 26.4 Å². The average Bonchev–Trinajstić information content (AvgIpc) is 1.47. The Kier molecular flexibility index (Phi) is 34.5. The first-order chi connectivity index (χ1) is 55.9. The van der Waals surface area contributed by atoms with Gasteiger partial charge in [0.05, 0.1) is 32.5 Å². The summed E-state index contributed by atoms with van der Waals surface area (Å²) in [7, 11) is -87.9. The topological polar surface area (TPSA) is 937 Å². The minimum Gasteiger partial charge on any atom is -0.726 e. The summed E-state index contributed by atoms with van der Waals surface area (Å²) in [6.07, 6.45) is -67.5. The van der Waals surface area contributed by atoms with E-state index in [0.717, 1.165) is 44.9 Å². The van der Waals surface area contributed by atoms with Crippen molar-refractivity contribution < 1.29 is 261 Å². The van der Waals surface area contributed by atoms with Crippen molar-refractivity contribution in [3.63, 3.8) is 0 Å². The number of ether oxygens (including phenoxy) is 8. The van der Waals surface area contributed by atoms with Crippen molar-refractivity contribution in [1.29, 1.82) is 0 Å². The molecule has 0 radical (unpaired) electrons. The second-order valence-electron chi connectivity index (χ2n) is 30.2. The van der Waals surface area contributed by atoms with Crippen molar-refractivity contribution in [3.05, 3.63) is 0 Å². The Morgan fingerprint density at radius 3 is 0.879 bits per heavy atom. The van der Waals surface area contributed by atoms with E-state index in [1.54, 1.807) is 0 Å². The van der Waals surface area contributed by atoms with Gasteiger partial charge in [0.25, 0.3) is 0 Å². The van der Waals surface area contributed by atoms with Crippen LogP contribution >= 0.6 is 0 Å². The molecule has 8 aliphatic rings. The number of hydrogen-bond acceptors (Lipinski definition) is 60. The molecule has 29 atom stereocenters. The van der Waals surface area contributed by atoms with Gasteiger partial charge in [-0.15, -0.1) is 0 Å². The van der Waals surface area contributed by atoms with Crippen LogP contribution in [0.25, 0.3) is 0 Å². The van der Waals surface area contributed by atoms with E-state index in [2.05, 4.69) is 82.1 Å². The van der Waals surface area contributed by atoms with Crippen LogP contribution in [-0.4, -0.2) is 324 Å². The van der Waals surface area contributed by atoms with Gasteiger partial charge < -0.3 is 97.1 Å². The number of hydrogen-bond donors (Lipinski definition) is 0. The first-order valence-corrected chi connectivity index (χ1v) is 52.7. The second-order valence-corrected chi connectivity index (χ2v) is 43.5. The molecule has 8 fully saturated rings. The van der Waals surface area contributed by atoms with Crippen LogP contribution in [0.1, 0.15) is 112 Å². The molecule has 4 aliphatic heterocycles. The lowest BCUT2D eigenvalue weighted by Crippen LogP contribution is -2.69. The summed E-state index contributed by atoms with van der Waals surface area (Å²) in [5.74, 6) is 1.67. The van der Waals surface area contributed by atoms with E-state index in [0.29, 0.717) is 36.5 Å². The summed E-state index contributed by atoms with van der Waals surface area (Å²) in [6.45, 7) is 1.40. The highest BCUT2D eigenvalue weighted by Gasteiger charge is 2.65. The van der Waals surface area contributed by atoms with Crippen molar-refractivity contribution >= 4 is 135 Å². The van der Waals surface area contributed by atoms with Crippen LogP contribution in [-0.2, 0) is 227 Å². The average molecular weight is 2060 g/mol. The molecule has 73 heteroatoms. The standard InChI is InChI=1S/C51H88O60S13/c1-22(2)7-6-8-23(3)27-11-12-28-26-10-9-24-17-25(13-15-50(24,4)29(26)14-16-51(27,28)5)95-46-42(108-121(79,80)81)38(104-117(67,68)69)34(30(96-46)18-91-112(52,53)54)100-47-43(109-122(82,83)84)39(105-118(70,71)72)35(31(97-47)19-92-113(55,56)57)101-48-44(110-123(85,86)87)40(106-119(73,74)75)36(32(98-48)20-93-114(58,59)60)102-49-45(111-124(88,89)90)41(107-120(76,77)78)37(103-116(64,65)66)33(99-49)21-94-115(61,62)63/h22-49H,6-21H2,1-5H3,(H,52,53,54)(H,55,56,57)(H,58,59,60)(H,61,62,63)(H,64,65,66)(H,67,68,69)(H,70,71,72)(H,73,74,75)(H,76,77,78)(H,79,80,81)(H,82,83,84)(H,85,86,87)(H,88,89,90)/p-13/t23-,24+,25+,26+,27-,28+,29+,30-,31-,32-,33-,34-,35-,36-,37-,38+,39+,40+,41+,42-,43-,44-,45-,46-,47+,48+,49+,50+,51-/m1/s1. The molecule has 4 aliphatic carbocycles. The predicted octanol–water partition coefficient (Wildman–Crippen LogP) is -7.94. The van der Waals surface area contributed by atoms with Gasteiger partial charge in [-0.2, -0.15) is 0 Å². The first-order valence-electron chi connectivity index (χ1n) is 35.4. The van der Waals surface area contributed by atoms with Gasteiger partial charge in [-0.3, -0.25) is 54.4 Å². The molecule has 0 aromatic heterocycles. The zero-order valence-corrected chi connectivity index (χ0v) is 73.9. The maximum Gasteiger partial charge on any atom is 0.218 e. The highest BCUT2D eigenvalue weighted by Crippen LogP contribution is 2.69. The number of rotatable bonds is 43. The van der Waals surface area contributed by atoms with Crippen LogP contribution in [0.4, 0.5) is 0 Å². The third-order valence-corrected chi connectivity index (χ3v) is 27.8. The summed E-state index contributed by atoms with van der Waals surface area (Å²) in [5, 5.41) is 0. The fourth-order valence-corrected chi connectivity index (χ4v) is 23.4. The van der Waals surface area contributed by atoms with E-state index in [9.17, 15) is 169 Å². The Bertz CT molecular complexity index is 5310. The van der Waals surface area contributed by atoms with Gasteiger partial charge >= 0.3 is 0 Å². The second kappa shape index (κ2) is 39.9. The van der Waals surface area contributed by atoms with E-state index in [1.807, 2.05) is 6.92 Å². The van der Waals surface area contributed by atoms with Crippen molar-refractivity contribution in [3.8, 4) is 0 Å². The van der Waals surface area contributed by atoms with Crippen molar-refractivity contribution in [2.45, 2.75) is 241 Å². The molecule has 8 rings (SSSR count). The molecule has 124 heavy (non-hydrogen) atoms. The number of fused-ring (bicyclic) bond motifs is 5. The van der Waals surface area contributed by atoms with E-state index in [1.165, 1.54) is 0 Å². The molecule has 0 N–H and O–H groups in total. The zero-order chi connectivity index (χ0) is 93.8. The summed E-state index contributed by atoms with van der Waals surface area (Å²) in [6, 6.07) is 0. The third-order valence-electron chi connectivity index (χ3n) is 22.0. The van der Waals surface area contributed by atoms with Crippen LogP contribution < -0.4 is 0 Å². The lowest BCUT2D eigenvalue weighted by molar-refractivity contribution is -0.380. The van der Waals surface area contributed by atoms with Crippen molar-refractivity contribution in [2.24, 2.45) is 52.3 Å². The molecule has 0 amide bonds. The monoisotopic (exact) mass is 2060 g/mol. The van der Waals surface area contributed by atoms with E-state index >= 15 is 0 Å². The highest BCUT2D eigenvalue weighted by molar-refractivity contribution is 7.83. The summed E-state index contributed by atoms with van der Waals surface area (Å²) in [5.41, 5.74) is -0.500. The molecule has 0 spiro atoms. The molecule has 0 aromatic rings. The lowest BCUT2D eigenvalue weighted by atomic mass is 9.44. The van der Waals surface area contributed by atoms with Gasteiger partial charge in [-0.25, -0.2) is 109 Å². The Hall–Kier alpha value is -2.01. The van der Waals surface area contributed by atoms with Gasteiger partial charge in [0.15, 0.2) is 49.6 Å². The zero-order valence-electron chi connectivity index (χ0n) is 63.3. The maximum atomic E-state index is 13.0. The molecule has 60 nitrogen and oxygen atoms in total. The van der Waals surface area contributed by atoms with E-state index < -0.39 is 296 Å². The first kappa shape index (κ1) is 107. The van der Waals surface area contributed by atoms with Gasteiger partial charge in [0.1, 0.15) is 73.2 Å². The van der Waals surface area contributed by atoms with Gasteiger partial charge in [-0.1, -0.05) is 53.9 Å². The molecule has 0 unspecified atom stereocenters. The molecule has 4 heterocycles. The van der Waals surface area contributed by atoms with Crippen molar-refractivity contribution in [1.82, 2.24) is 0 Å². The largest absolute Gasteiger partial charge is 0.726 e. The van der Waals surface area contributed by atoms with Gasteiger partial charge in [0.2, 0.25) is 135 Å². The van der Waals surface area contributed by atoms with E-state index in [-0.39, 0.29) is 42.4 Å². The third kappa shape index (κ3) is 31.8. The molecular weight excluding hydrogens is 1990 g/mol. The summed E-state index contributed by atoms with van der Waals surface area (Å²) in [4.78, 5) is 0. The molecule has 730 valence electrons. The predicted molar refractivity (Wildman–Crippen MR) is 361 cm³/mol. The molecule has 0 bridgehead atoms. The Balaban J connectivity index is 1.25. The van der Waals surface area contributed by atoms with Crippen LogP contribution in [0.2, 0.25) is 0 Å². The lowest BCUT2D eigenvalue weighted by Gasteiger charge is -2.61. The Morgan fingerprint density at radius 2 is 0.573 bits per heavy atom. The fourth-order valence-electron chi connectivity index (χ4n) is 17.8. The highest BCUT2D eigenvalue weighted by atomic mass is 32.3.